The summed E-state index contributed by atoms with van der Waals surface area (Å²) in [5.74, 6) is -2.57. The van der Waals surface area contributed by atoms with Crippen LogP contribution in [0.25, 0.3) is 10.2 Å². The Bertz CT molecular complexity index is 931. The summed E-state index contributed by atoms with van der Waals surface area (Å²) >= 11 is 1.42. The van der Waals surface area contributed by atoms with Crippen molar-refractivity contribution in [2.45, 2.75) is 18.9 Å². The van der Waals surface area contributed by atoms with Crippen LogP contribution in [0.5, 0.6) is 5.75 Å². The van der Waals surface area contributed by atoms with Gasteiger partial charge < -0.3 is 15.3 Å². The van der Waals surface area contributed by atoms with Gasteiger partial charge in [0.1, 0.15) is 17.3 Å². The molecule has 0 spiro atoms. The Kier molecular flexibility index (Phi) is 4.36. The Morgan fingerprint density at radius 3 is 2.46 bits per heavy atom. The highest BCUT2D eigenvalue weighted by Crippen LogP contribution is 2.35. The number of aromatic hydroxyl groups is 1. The van der Waals surface area contributed by atoms with E-state index < -0.39 is 17.5 Å². The largest absolute Gasteiger partial charge is 0.506 e. The molecule has 0 saturated carbocycles. The Balaban J connectivity index is 1.45. The molecule has 0 aliphatic carbocycles. The number of thiazole rings is 1. The molecule has 1 aliphatic rings. The number of benzene rings is 2. The van der Waals surface area contributed by atoms with Crippen LogP contribution >= 0.6 is 11.3 Å². The molecule has 0 bridgehead atoms. The van der Waals surface area contributed by atoms with Gasteiger partial charge in [0.05, 0.1) is 10.2 Å². The lowest BCUT2D eigenvalue weighted by atomic mass is 10.0. The quantitative estimate of drug-likeness (QED) is 0.704. The van der Waals surface area contributed by atoms with Crippen molar-refractivity contribution in [3.8, 4) is 5.75 Å². The molecule has 2 N–H and O–H groups in total. The molecule has 4 nitrogen and oxygen atoms in total. The van der Waals surface area contributed by atoms with Gasteiger partial charge in [0, 0.05) is 31.3 Å². The van der Waals surface area contributed by atoms with E-state index in [2.05, 4.69) is 15.2 Å². The second kappa shape index (κ2) is 6.68. The summed E-state index contributed by atoms with van der Waals surface area (Å²) in [5, 5.41) is 13.6. The maximum atomic E-state index is 13.8. The monoisotopic (exact) mass is 379 g/mol. The van der Waals surface area contributed by atoms with E-state index in [-0.39, 0.29) is 17.5 Å². The lowest BCUT2D eigenvalue weighted by Gasteiger charge is -2.32. The van der Waals surface area contributed by atoms with Crippen molar-refractivity contribution in [2.75, 3.05) is 23.3 Å². The van der Waals surface area contributed by atoms with Crippen LogP contribution in [0, 0.1) is 17.5 Å². The van der Waals surface area contributed by atoms with Crippen molar-refractivity contribution < 1.29 is 18.3 Å². The SMILES string of the molecule is Oc1cccc2nc(N3CCC(Nc4c(F)cc(F)cc4F)CC3)sc12. The zero-order valence-electron chi connectivity index (χ0n) is 13.7. The standard InChI is InChI=1S/C18H16F3N3OS/c19-10-8-12(20)16(13(21)9-10)22-11-4-6-24(7-5-11)18-23-14-2-1-3-15(25)17(14)26-18/h1-3,8-9,11,22,25H,4-7H2. The number of piperidine rings is 1. The van der Waals surface area contributed by atoms with Gasteiger partial charge in [0.15, 0.2) is 16.8 Å². The summed E-state index contributed by atoms with van der Waals surface area (Å²) in [6.07, 6.45) is 1.33. The predicted molar refractivity (Wildman–Crippen MR) is 96.5 cm³/mol. The second-order valence-electron chi connectivity index (χ2n) is 6.27. The van der Waals surface area contributed by atoms with E-state index in [1.54, 1.807) is 12.1 Å². The van der Waals surface area contributed by atoms with Crippen LogP contribution in [0.4, 0.5) is 24.0 Å². The van der Waals surface area contributed by atoms with Crippen molar-refractivity contribution in [1.29, 1.82) is 0 Å². The first-order valence-electron chi connectivity index (χ1n) is 8.26. The second-order valence-corrected chi connectivity index (χ2v) is 7.25. The van der Waals surface area contributed by atoms with Gasteiger partial charge in [-0.15, -0.1) is 0 Å². The number of hydrogen-bond donors (Lipinski definition) is 2. The highest BCUT2D eigenvalue weighted by atomic mass is 32.1. The average Bonchev–Trinajstić information content (AvgIpc) is 3.04. The number of nitrogens with zero attached hydrogens (tertiary/aromatic N) is 2. The molecular formula is C18H16F3N3OS. The summed E-state index contributed by atoms with van der Waals surface area (Å²) in [7, 11) is 0. The van der Waals surface area contributed by atoms with E-state index in [1.165, 1.54) is 11.3 Å². The van der Waals surface area contributed by atoms with Gasteiger partial charge in [-0.3, -0.25) is 0 Å². The van der Waals surface area contributed by atoms with E-state index in [0.717, 1.165) is 15.3 Å². The van der Waals surface area contributed by atoms with Crippen molar-refractivity contribution >= 4 is 32.4 Å². The van der Waals surface area contributed by atoms with Crippen LogP contribution in [0.1, 0.15) is 12.8 Å². The van der Waals surface area contributed by atoms with E-state index in [4.69, 9.17) is 0 Å². The Morgan fingerprint density at radius 2 is 1.81 bits per heavy atom. The smallest absolute Gasteiger partial charge is 0.186 e. The van der Waals surface area contributed by atoms with Crippen LogP contribution in [-0.4, -0.2) is 29.2 Å². The fourth-order valence-corrected chi connectivity index (χ4v) is 4.19. The van der Waals surface area contributed by atoms with Crippen molar-refractivity contribution in [3.05, 3.63) is 47.8 Å². The number of fused-ring (bicyclic) bond motifs is 1. The third-order valence-corrected chi connectivity index (χ3v) is 5.66. The molecule has 4 rings (SSSR count). The van der Waals surface area contributed by atoms with E-state index in [1.807, 2.05) is 6.07 Å². The molecule has 26 heavy (non-hydrogen) atoms. The molecule has 0 amide bonds. The minimum Gasteiger partial charge on any atom is -0.506 e. The summed E-state index contributed by atoms with van der Waals surface area (Å²) in [6, 6.07) is 6.48. The van der Waals surface area contributed by atoms with Gasteiger partial charge in [-0.2, -0.15) is 0 Å². The fraction of sp³-hybridized carbons (Fsp3) is 0.278. The molecule has 8 heteroatoms. The summed E-state index contributed by atoms with van der Waals surface area (Å²) in [6.45, 7) is 1.34. The van der Waals surface area contributed by atoms with E-state index in [9.17, 15) is 18.3 Å². The maximum absolute atomic E-state index is 13.8. The van der Waals surface area contributed by atoms with Crippen LogP contribution in [0.2, 0.25) is 0 Å². The molecule has 3 aromatic rings. The predicted octanol–water partition coefficient (Wildman–Crippen LogP) is 4.50. The third-order valence-electron chi connectivity index (χ3n) is 4.50. The lowest BCUT2D eigenvalue weighted by molar-refractivity contribution is 0.482. The number of halogens is 3. The molecule has 0 unspecified atom stereocenters. The van der Waals surface area contributed by atoms with Crippen LogP contribution in [0.15, 0.2) is 30.3 Å². The molecule has 1 saturated heterocycles. The normalized spacial score (nSPS) is 15.6. The molecular weight excluding hydrogens is 363 g/mol. The zero-order valence-corrected chi connectivity index (χ0v) is 14.5. The molecule has 1 fully saturated rings. The number of nitrogens with one attached hydrogen (secondary N) is 1. The highest BCUT2D eigenvalue weighted by molar-refractivity contribution is 7.22. The molecule has 2 heterocycles. The third kappa shape index (κ3) is 3.16. The van der Waals surface area contributed by atoms with Gasteiger partial charge in [-0.1, -0.05) is 17.4 Å². The van der Waals surface area contributed by atoms with E-state index >= 15 is 0 Å². The van der Waals surface area contributed by atoms with Crippen LogP contribution < -0.4 is 10.2 Å². The summed E-state index contributed by atoms with van der Waals surface area (Å²) < 4.78 is 41.3. The minimum atomic E-state index is -0.931. The average molecular weight is 379 g/mol. The Morgan fingerprint density at radius 1 is 1.12 bits per heavy atom. The summed E-state index contributed by atoms with van der Waals surface area (Å²) in [4.78, 5) is 6.64. The van der Waals surface area contributed by atoms with Crippen molar-refractivity contribution in [3.63, 3.8) is 0 Å². The van der Waals surface area contributed by atoms with Crippen molar-refractivity contribution in [1.82, 2.24) is 4.98 Å². The maximum Gasteiger partial charge on any atom is 0.186 e. The first-order valence-corrected chi connectivity index (χ1v) is 9.07. The van der Waals surface area contributed by atoms with Gasteiger partial charge >= 0.3 is 0 Å². The Labute approximate surface area is 151 Å². The van der Waals surface area contributed by atoms with Gasteiger partial charge in [-0.25, -0.2) is 18.2 Å². The Hall–Kier alpha value is -2.48. The van der Waals surface area contributed by atoms with Gasteiger partial charge in [0.25, 0.3) is 0 Å². The van der Waals surface area contributed by atoms with Crippen LogP contribution in [0.3, 0.4) is 0 Å². The topological polar surface area (TPSA) is 48.4 Å². The molecule has 1 aliphatic heterocycles. The first-order chi connectivity index (χ1) is 12.5. The fourth-order valence-electron chi connectivity index (χ4n) is 3.16. The molecule has 2 aromatic carbocycles. The number of rotatable bonds is 3. The molecule has 0 atom stereocenters. The molecule has 0 radical (unpaired) electrons. The lowest BCUT2D eigenvalue weighted by Crippen LogP contribution is -2.39. The molecule has 1 aromatic heterocycles. The summed E-state index contributed by atoms with van der Waals surface area (Å²) in [5.41, 5.74) is 0.468. The van der Waals surface area contributed by atoms with Crippen LogP contribution in [-0.2, 0) is 0 Å². The number of aromatic nitrogens is 1. The number of hydrogen-bond acceptors (Lipinski definition) is 5. The number of phenolic OH excluding ortho intramolecular Hbond substituents is 1. The zero-order chi connectivity index (χ0) is 18.3. The number of phenols is 1. The van der Waals surface area contributed by atoms with E-state index in [0.29, 0.717) is 38.1 Å². The van der Waals surface area contributed by atoms with Crippen molar-refractivity contribution in [2.24, 2.45) is 0 Å². The van der Waals surface area contributed by atoms with Gasteiger partial charge in [-0.05, 0) is 25.0 Å². The number of anilines is 2. The van der Waals surface area contributed by atoms with Gasteiger partial charge in [0.2, 0.25) is 0 Å². The highest BCUT2D eigenvalue weighted by Gasteiger charge is 2.24. The first kappa shape index (κ1) is 17.0. The minimum absolute atomic E-state index is 0.108. The molecule has 136 valence electrons.